The summed E-state index contributed by atoms with van der Waals surface area (Å²) in [6, 6.07) is 0. The number of aliphatic hydroxyl groups is 3. The molecular formula is C18H28O5. The van der Waals surface area contributed by atoms with Crippen molar-refractivity contribution in [2.45, 2.75) is 51.4 Å². The van der Waals surface area contributed by atoms with Gasteiger partial charge in [-0.1, -0.05) is 39.0 Å². The number of carboxylic acid groups (broad SMARTS) is 1. The average Bonchev–Trinajstić information content (AvgIpc) is 2.46. The van der Waals surface area contributed by atoms with Gasteiger partial charge in [-0.15, -0.1) is 0 Å². The molecule has 0 heterocycles. The molecule has 2 rings (SSSR count). The van der Waals surface area contributed by atoms with Crippen molar-refractivity contribution in [3.05, 3.63) is 24.3 Å². The topological polar surface area (TPSA) is 98.0 Å². The molecule has 0 aromatic carbocycles. The zero-order chi connectivity index (χ0) is 17.4. The summed E-state index contributed by atoms with van der Waals surface area (Å²) in [5.41, 5.74) is -1.26. The minimum absolute atomic E-state index is 0.151. The van der Waals surface area contributed by atoms with Crippen LogP contribution in [0.3, 0.4) is 0 Å². The molecule has 0 amide bonds. The summed E-state index contributed by atoms with van der Waals surface area (Å²) in [6.07, 6.45) is 5.42. The molecule has 4 N–H and O–H groups in total. The molecule has 2 aliphatic rings. The zero-order valence-corrected chi connectivity index (χ0v) is 14.0. The maximum atomic E-state index is 11.3. The summed E-state index contributed by atoms with van der Waals surface area (Å²) in [7, 11) is 0. The van der Waals surface area contributed by atoms with E-state index in [0.29, 0.717) is 5.92 Å². The Morgan fingerprint density at radius 1 is 1.09 bits per heavy atom. The Kier molecular flexibility index (Phi) is 5.33. The molecule has 2 fully saturated rings. The normalized spacial score (nSPS) is 47.8. The Labute approximate surface area is 137 Å². The summed E-state index contributed by atoms with van der Waals surface area (Å²) in [6.45, 7) is 5.95. The lowest BCUT2D eigenvalue weighted by Crippen LogP contribution is -2.64. The van der Waals surface area contributed by atoms with Crippen LogP contribution in [0.5, 0.6) is 0 Å². The monoisotopic (exact) mass is 324 g/mol. The zero-order valence-electron chi connectivity index (χ0n) is 14.0. The van der Waals surface area contributed by atoms with E-state index in [0.717, 1.165) is 18.9 Å². The van der Waals surface area contributed by atoms with Crippen LogP contribution in [0.2, 0.25) is 0 Å². The van der Waals surface area contributed by atoms with Crippen molar-refractivity contribution < 1.29 is 25.2 Å². The summed E-state index contributed by atoms with van der Waals surface area (Å²) in [5, 5.41) is 40.8. The van der Waals surface area contributed by atoms with Crippen molar-refractivity contribution in [1.29, 1.82) is 0 Å². The Bertz CT molecular complexity index is 500. The Hall–Kier alpha value is -1.17. The van der Waals surface area contributed by atoms with Gasteiger partial charge in [0.2, 0.25) is 0 Å². The molecule has 8 atom stereocenters. The highest BCUT2D eigenvalue weighted by molar-refractivity contribution is 5.80. The SMILES string of the molecule is C[C@H]1C[C@H]2[C@H](O)[C@@H](O)[C@H](C)[C@@](O)(/C=C/C=C/C(=O)O)[C@@H]2[C@@H](C)C1. The van der Waals surface area contributed by atoms with Crippen LogP contribution >= 0.6 is 0 Å². The third-order valence-electron chi connectivity index (χ3n) is 5.80. The van der Waals surface area contributed by atoms with Gasteiger partial charge in [0.25, 0.3) is 0 Å². The third-order valence-corrected chi connectivity index (χ3v) is 5.80. The first-order valence-corrected chi connectivity index (χ1v) is 8.35. The summed E-state index contributed by atoms with van der Waals surface area (Å²) < 4.78 is 0. The average molecular weight is 324 g/mol. The number of hydrogen-bond acceptors (Lipinski definition) is 4. The van der Waals surface area contributed by atoms with Gasteiger partial charge in [0, 0.05) is 12.0 Å². The number of aliphatic carboxylic acids is 1. The van der Waals surface area contributed by atoms with E-state index in [-0.39, 0.29) is 17.8 Å². The molecule has 0 unspecified atom stereocenters. The van der Waals surface area contributed by atoms with Crippen LogP contribution in [-0.4, -0.2) is 44.2 Å². The molecule has 23 heavy (non-hydrogen) atoms. The van der Waals surface area contributed by atoms with Crippen LogP contribution in [0.4, 0.5) is 0 Å². The Morgan fingerprint density at radius 2 is 1.74 bits per heavy atom. The van der Waals surface area contributed by atoms with Gasteiger partial charge in [-0.3, -0.25) is 0 Å². The van der Waals surface area contributed by atoms with Crippen molar-refractivity contribution in [3.8, 4) is 0 Å². The van der Waals surface area contributed by atoms with Crippen molar-refractivity contribution >= 4 is 5.97 Å². The fourth-order valence-electron chi connectivity index (χ4n) is 4.80. The molecule has 130 valence electrons. The lowest BCUT2D eigenvalue weighted by molar-refractivity contribution is -0.207. The van der Waals surface area contributed by atoms with Crippen LogP contribution in [0.25, 0.3) is 0 Å². The molecular weight excluding hydrogens is 296 g/mol. The molecule has 0 spiro atoms. The van der Waals surface area contributed by atoms with E-state index in [1.54, 1.807) is 13.0 Å². The maximum absolute atomic E-state index is 11.3. The molecule has 0 aliphatic heterocycles. The number of carbonyl (C=O) groups is 1. The van der Waals surface area contributed by atoms with E-state index in [4.69, 9.17) is 5.11 Å². The van der Waals surface area contributed by atoms with Crippen LogP contribution in [0.15, 0.2) is 24.3 Å². The van der Waals surface area contributed by atoms with Crippen LogP contribution in [0.1, 0.15) is 33.6 Å². The fourth-order valence-corrected chi connectivity index (χ4v) is 4.80. The van der Waals surface area contributed by atoms with Crippen molar-refractivity contribution in [2.75, 3.05) is 0 Å². The minimum atomic E-state index is -1.26. The minimum Gasteiger partial charge on any atom is -0.478 e. The molecule has 5 nitrogen and oxygen atoms in total. The number of rotatable bonds is 3. The smallest absolute Gasteiger partial charge is 0.328 e. The molecule has 0 bridgehead atoms. The second-order valence-corrected chi connectivity index (χ2v) is 7.46. The van der Waals surface area contributed by atoms with Crippen molar-refractivity contribution in [3.63, 3.8) is 0 Å². The summed E-state index contributed by atoms with van der Waals surface area (Å²) >= 11 is 0. The van der Waals surface area contributed by atoms with E-state index in [2.05, 4.69) is 13.8 Å². The van der Waals surface area contributed by atoms with Crippen LogP contribution in [-0.2, 0) is 4.79 Å². The van der Waals surface area contributed by atoms with Gasteiger partial charge < -0.3 is 20.4 Å². The van der Waals surface area contributed by atoms with Crippen LogP contribution in [0, 0.1) is 29.6 Å². The number of allylic oxidation sites excluding steroid dienone is 2. The first-order valence-electron chi connectivity index (χ1n) is 8.35. The quantitative estimate of drug-likeness (QED) is 0.467. The van der Waals surface area contributed by atoms with Gasteiger partial charge in [0.05, 0.1) is 17.8 Å². The van der Waals surface area contributed by atoms with Gasteiger partial charge in [-0.25, -0.2) is 4.79 Å². The van der Waals surface area contributed by atoms with E-state index in [1.807, 2.05) is 0 Å². The van der Waals surface area contributed by atoms with Crippen molar-refractivity contribution in [2.24, 2.45) is 29.6 Å². The standard InChI is InChI=1S/C18H28O5/c1-10-8-11(2)15-13(9-10)17(22)16(21)12(3)18(15,23)7-5-4-6-14(19)20/h4-7,10-13,15-17,21-23H,8-9H2,1-3H3,(H,19,20)/b6-4+,7-5+/t10-,11+,12+,13-,15-,16+,17+,18+/m1/s1. The third kappa shape index (κ3) is 3.37. The second-order valence-electron chi connectivity index (χ2n) is 7.46. The maximum Gasteiger partial charge on any atom is 0.328 e. The highest BCUT2D eigenvalue weighted by atomic mass is 16.4. The van der Waals surface area contributed by atoms with Crippen molar-refractivity contribution in [1.82, 2.24) is 0 Å². The van der Waals surface area contributed by atoms with E-state index in [1.165, 1.54) is 12.2 Å². The van der Waals surface area contributed by atoms with Gasteiger partial charge in [-0.05, 0) is 36.5 Å². The molecule has 0 radical (unpaired) electrons. The number of aliphatic hydroxyl groups excluding tert-OH is 2. The van der Waals surface area contributed by atoms with Gasteiger partial charge >= 0.3 is 5.97 Å². The lowest BCUT2D eigenvalue weighted by Gasteiger charge is -2.56. The lowest BCUT2D eigenvalue weighted by atomic mass is 9.53. The summed E-state index contributed by atoms with van der Waals surface area (Å²) in [4.78, 5) is 10.5. The molecule has 0 aromatic heterocycles. The molecule has 0 saturated heterocycles. The van der Waals surface area contributed by atoms with E-state index in [9.17, 15) is 20.1 Å². The second kappa shape index (κ2) is 6.75. The Balaban J connectivity index is 2.35. The fraction of sp³-hybridized carbons (Fsp3) is 0.722. The van der Waals surface area contributed by atoms with Crippen LogP contribution < -0.4 is 0 Å². The molecule has 0 aromatic rings. The molecule has 5 heteroatoms. The number of carboxylic acids is 1. The first kappa shape index (κ1) is 18.2. The largest absolute Gasteiger partial charge is 0.478 e. The highest BCUT2D eigenvalue weighted by Crippen LogP contribution is 2.52. The van der Waals surface area contributed by atoms with E-state index >= 15 is 0 Å². The van der Waals surface area contributed by atoms with Gasteiger partial charge in [0.1, 0.15) is 0 Å². The molecule has 2 saturated carbocycles. The van der Waals surface area contributed by atoms with E-state index < -0.39 is 29.7 Å². The van der Waals surface area contributed by atoms with Gasteiger partial charge in [0.15, 0.2) is 0 Å². The predicted molar refractivity (Wildman–Crippen MR) is 86.6 cm³/mol. The Morgan fingerprint density at radius 3 is 2.35 bits per heavy atom. The molecule has 2 aliphatic carbocycles. The van der Waals surface area contributed by atoms with Gasteiger partial charge in [-0.2, -0.15) is 0 Å². The highest BCUT2D eigenvalue weighted by Gasteiger charge is 2.58. The number of hydrogen-bond donors (Lipinski definition) is 4. The number of fused-ring (bicyclic) bond motifs is 1. The predicted octanol–water partition coefficient (Wildman–Crippen LogP) is 1.58. The summed E-state index contributed by atoms with van der Waals surface area (Å²) in [5.74, 6) is -1.22. The first-order chi connectivity index (χ1) is 10.7.